The van der Waals surface area contributed by atoms with E-state index in [1.54, 1.807) is 0 Å². The minimum Gasteiger partial charge on any atom is -0.411 e. The molecule has 0 aliphatic carbocycles. The van der Waals surface area contributed by atoms with Crippen molar-refractivity contribution in [3.05, 3.63) is 0 Å². The molecule has 0 aromatic heterocycles. The molecule has 0 saturated heterocycles. The van der Waals surface area contributed by atoms with E-state index < -0.39 is 0 Å². The van der Waals surface area contributed by atoms with Gasteiger partial charge in [-0.3, -0.25) is 0 Å². The van der Waals surface area contributed by atoms with Gasteiger partial charge in [0.05, 0.1) is 0 Å². The van der Waals surface area contributed by atoms with E-state index in [1.165, 1.54) is 154 Å². The maximum absolute atomic E-state index is 5.20. The molecule has 0 aromatic rings. The molecule has 1 radical (unpaired) electrons. The van der Waals surface area contributed by atoms with Gasteiger partial charge in [-0.05, 0) is 25.7 Å². The van der Waals surface area contributed by atoms with Crippen molar-refractivity contribution in [3.63, 3.8) is 0 Å². The molecule has 0 aliphatic heterocycles. The van der Waals surface area contributed by atoms with Crippen molar-refractivity contribution in [1.82, 2.24) is 9.80 Å². The first-order valence-electron chi connectivity index (χ1n) is 17.4. The number of hydrogen-bond donors (Lipinski definition) is 0. The van der Waals surface area contributed by atoms with E-state index in [0.717, 1.165) is 26.2 Å². The van der Waals surface area contributed by atoms with Crippen LogP contribution in [0.1, 0.15) is 182 Å². The van der Waals surface area contributed by atoms with Gasteiger partial charge in [0.1, 0.15) is 0 Å². The van der Waals surface area contributed by atoms with Crippen molar-refractivity contribution in [3.8, 4) is 0 Å². The average Bonchev–Trinajstić information content (AvgIpc) is 2.93. The summed E-state index contributed by atoms with van der Waals surface area (Å²) in [4.78, 5) is 4.48. The van der Waals surface area contributed by atoms with Crippen LogP contribution in [0.5, 0.6) is 0 Å². The second-order valence-electron chi connectivity index (χ2n) is 11.6. The zero-order valence-corrected chi connectivity index (χ0v) is 32.0. The van der Waals surface area contributed by atoms with Crippen LogP contribution in [0.25, 0.3) is 0 Å². The summed E-state index contributed by atoms with van der Waals surface area (Å²) in [5.41, 5.74) is 0. The summed E-state index contributed by atoms with van der Waals surface area (Å²) in [6, 6.07) is 0. The van der Waals surface area contributed by atoms with Crippen LogP contribution >= 0.6 is 24.4 Å². The first kappa shape index (κ1) is 46.1. The van der Waals surface area contributed by atoms with E-state index in [-0.39, 0.29) is 16.8 Å². The first-order chi connectivity index (χ1) is 19.4. The Labute approximate surface area is 291 Å². The second kappa shape index (κ2) is 38.8. The van der Waals surface area contributed by atoms with Gasteiger partial charge in [-0.15, -0.1) is 0 Å². The van der Waals surface area contributed by atoms with Gasteiger partial charge < -0.3 is 59.5 Å². The molecule has 7 heteroatoms. The van der Waals surface area contributed by atoms with Gasteiger partial charge >= 0.3 is 16.8 Å². The van der Waals surface area contributed by atoms with Crippen molar-refractivity contribution < 1.29 is 16.8 Å². The van der Waals surface area contributed by atoms with Crippen LogP contribution in [-0.2, 0) is 42.0 Å². The topological polar surface area (TPSA) is 6.48 Å². The molecule has 0 heterocycles. The standard InChI is InChI=1S/2C17H35NS2.Co/c2*1-3-5-7-9-11-13-15-18(17(19)20)16-14-12-10-8-6-4-2;/h2*3-16H2,1-2H3,(H,19,20);/q;;+2/p-2. The Balaban J connectivity index is -0.000000688. The molecule has 247 valence electrons. The molecule has 0 rings (SSSR count). The summed E-state index contributed by atoms with van der Waals surface area (Å²) in [6.45, 7) is 13.3. The summed E-state index contributed by atoms with van der Waals surface area (Å²) >= 11 is 20.8. The molecule has 2 nitrogen and oxygen atoms in total. The molecule has 0 aliphatic rings. The van der Waals surface area contributed by atoms with Crippen LogP contribution in [0.3, 0.4) is 0 Å². The van der Waals surface area contributed by atoms with Gasteiger partial charge in [0.2, 0.25) is 0 Å². The van der Waals surface area contributed by atoms with Crippen molar-refractivity contribution >= 4 is 58.3 Å². The van der Waals surface area contributed by atoms with Crippen molar-refractivity contribution in [1.29, 1.82) is 0 Å². The predicted octanol–water partition coefficient (Wildman–Crippen LogP) is 11.7. The summed E-state index contributed by atoms with van der Waals surface area (Å²) in [5, 5.41) is 0. The third-order valence-corrected chi connectivity index (χ3v) is 8.68. The summed E-state index contributed by atoms with van der Waals surface area (Å²) in [6.07, 6.45) is 32.0. The normalized spacial score (nSPS) is 10.4. The van der Waals surface area contributed by atoms with Crippen LogP contribution in [-0.4, -0.2) is 44.6 Å². The second-order valence-corrected chi connectivity index (χ2v) is 13.6. The van der Waals surface area contributed by atoms with E-state index in [9.17, 15) is 0 Å². The van der Waals surface area contributed by atoms with Gasteiger partial charge in [-0.25, -0.2) is 0 Å². The minimum atomic E-state index is 0. The monoisotopic (exact) mass is 691 g/mol. The maximum atomic E-state index is 5.20. The molecule has 0 atom stereocenters. The molecule has 0 amide bonds. The Morgan fingerprint density at radius 2 is 0.537 bits per heavy atom. The number of thiocarbonyl (C=S) groups is 2. The maximum Gasteiger partial charge on any atom is 2.00 e. The fraction of sp³-hybridized carbons (Fsp3) is 0.941. The molecule has 0 saturated carbocycles. The average molecular weight is 692 g/mol. The van der Waals surface area contributed by atoms with Gasteiger partial charge in [-0.2, -0.15) is 0 Å². The largest absolute Gasteiger partial charge is 2.00 e. The molecule has 0 bridgehead atoms. The SMILES string of the molecule is CCCCCCCCN(CCCCCCCC)C(=S)[S-].CCCCCCCCN(CCCCCCCC)C(=S)[S-].[Co+2]. The molecule has 41 heavy (non-hydrogen) atoms. The molecule has 0 N–H and O–H groups in total. The van der Waals surface area contributed by atoms with E-state index in [2.05, 4.69) is 37.5 Å². The Kier molecular flexibility index (Phi) is 43.6. The van der Waals surface area contributed by atoms with Crippen LogP contribution in [0.15, 0.2) is 0 Å². The van der Waals surface area contributed by atoms with Crippen LogP contribution < -0.4 is 0 Å². The zero-order chi connectivity index (χ0) is 30.1. The number of nitrogens with zero attached hydrogens (tertiary/aromatic N) is 2. The van der Waals surface area contributed by atoms with Gasteiger partial charge in [0.15, 0.2) is 0 Å². The summed E-state index contributed by atoms with van der Waals surface area (Å²) in [7, 11) is 0. The van der Waals surface area contributed by atoms with Gasteiger partial charge in [-0.1, -0.05) is 165 Å². The van der Waals surface area contributed by atoms with Crippen LogP contribution in [0.4, 0.5) is 0 Å². The fourth-order valence-electron chi connectivity index (χ4n) is 4.92. The van der Waals surface area contributed by atoms with Crippen molar-refractivity contribution in [2.75, 3.05) is 26.2 Å². The zero-order valence-electron chi connectivity index (χ0n) is 27.7. The van der Waals surface area contributed by atoms with E-state index in [0.29, 0.717) is 8.64 Å². The number of unbranched alkanes of at least 4 members (excludes halogenated alkanes) is 20. The molecule has 0 aromatic carbocycles. The third-order valence-electron chi connectivity index (χ3n) is 7.64. The smallest absolute Gasteiger partial charge is 0.411 e. The summed E-state index contributed by atoms with van der Waals surface area (Å²) in [5.74, 6) is 0. The summed E-state index contributed by atoms with van der Waals surface area (Å²) < 4.78 is 1.35. The Morgan fingerprint density at radius 1 is 0.366 bits per heavy atom. The molecular formula is C34H68CoN2S4. The Morgan fingerprint density at radius 3 is 0.707 bits per heavy atom. The minimum absolute atomic E-state index is 0. The van der Waals surface area contributed by atoms with E-state index >= 15 is 0 Å². The van der Waals surface area contributed by atoms with Gasteiger partial charge in [0.25, 0.3) is 0 Å². The van der Waals surface area contributed by atoms with Crippen molar-refractivity contribution in [2.45, 2.75) is 182 Å². The molecule has 0 unspecified atom stereocenters. The molecule has 0 fully saturated rings. The first-order valence-corrected chi connectivity index (χ1v) is 19.0. The van der Waals surface area contributed by atoms with Gasteiger partial charge in [0, 0.05) is 26.2 Å². The Bertz CT molecular complexity index is 459. The quantitative estimate of drug-likeness (QED) is 0.0454. The third kappa shape index (κ3) is 36.8. The molecular weight excluding hydrogens is 624 g/mol. The number of hydrogen-bond acceptors (Lipinski definition) is 4. The Hall–Kier alpha value is 0.726. The van der Waals surface area contributed by atoms with Crippen LogP contribution in [0, 0.1) is 0 Å². The number of rotatable bonds is 28. The van der Waals surface area contributed by atoms with Crippen molar-refractivity contribution in [2.24, 2.45) is 0 Å². The van der Waals surface area contributed by atoms with E-state index in [4.69, 9.17) is 49.7 Å². The predicted molar refractivity (Wildman–Crippen MR) is 197 cm³/mol. The fourth-order valence-corrected chi connectivity index (χ4v) is 5.65. The molecule has 0 spiro atoms. The van der Waals surface area contributed by atoms with E-state index in [1.807, 2.05) is 0 Å². The van der Waals surface area contributed by atoms with Crippen LogP contribution in [0.2, 0.25) is 0 Å².